The van der Waals surface area contributed by atoms with Gasteiger partial charge in [0.05, 0.1) is 12.4 Å². The van der Waals surface area contributed by atoms with Gasteiger partial charge in [-0.2, -0.15) is 11.8 Å². The monoisotopic (exact) mass is 561 g/mol. The van der Waals surface area contributed by atoms with Gasteiger partial charge in [0, 0.05) is 31.2 Å². The number of H-pyrrole nitrogens is 1. The molecule has 2 aromatic rings. The number of nitrogens with one attached hydrogen (secondary N) is 4. The van der Waals surface area contributed by atoms with Crippen LogP contribution in [0, 0.1) is 0 Å². The number of imidazole rings is 1. The lowest BCUT2D eigenvalue weighted by Crippen LogP contribution is -2.57. The molecule has 0 saturated heterocycles. The predicted octanol–water partition coefficient (Wildman–Crippen LogP) is -0.920. The first-order valence-corrected chi connectivity index (χ1v) is 13.7. The van der Waals surface area contributed by atoms with Gasteiger partial charge in [-0.05, 0) is 30.4 Å². The molecule has 4 unspecified atom stereocenters. The SMILES string of the molecule is CSCCC(NC(=O)C(N)Cc1cnc[nH]1)C(=O)NC(CCC(N)=O)C(=O)NC(Cc1ccccc1)C(=O)O. The molecule has 0 aliphatic rings. The van der Waals surface area contributed by atoms with Crippen LogP contribution < -0.4 is 27.4 Å². The van der Waals surface area contributed by atoms with Crippen molar-refractivity contribution in [1.29, 1.82) is 0 Å². The number of carbonyl (C=O) groups is 5. The minimum Gasteiger partial charge on any atom is -0.480 e. The summed E-state index contributed by atoms with van der Waals surface area (Å²) < 4.78 is 0. The van der Waals surface area contributed by atoms with Crippen molar-refractivity contribution in [2.75, 3.05) is 12.0 Å². The number of nitrogens with zero attached hydrogens (tertiary/aromatic N) is 1. The molecule has 0 fully saturated rings. The highest BCUT2D eigenvalue weighted by molar-refractivity contribution is 7.98. The average Bonchev–Trinajstić information content (AvgIpc) is 3.41. The number of carbonyl (C=O) groups excluding carboxylic acids is 4. The largest absolute Gasteiger partial charge is 0.480 e. The number of carboxylic acids is 1. The molecule has 1 aromatic heterocycles. The van der Waals surface area contributed by atoms with Gasteiger partial charge < -0.3 is 37.5 Å². The van der Waals surface area contributed by atoms with E-state index in [1.165, 1.54) is 24.3 Å². The van der Waals surface area contributed by atoms with E-state index in [1.807, 2.05) is 6.26 Å². The average molecular weight is 562 g/mol. The zero-order valence-corrected chi connectivity index (χ0v) is 22.4. The van der Waals surface area contributed by atoms with Crippen LogP contribution in [0.15, 0.2) is 42.9 Å². The third kappa shape index (κ3) is 11.2. The van der Waals surface area contributed by atoms with E-state index in [4.69, 9.17) is 11.5 Å². The lowest BCUT2D eigenvalue weighted by molar-refractivity contribution is -0.142. The van der Waals surface area contributed by atoms with Gasteiger partial charge in [0.25, 0.3) is 0 Å². The molecule has 13 nitrogen and oxygen atoms in total. The summed E-state index contributed by atoms with van der Waals surface area (Å²) in [5.74, 6) is -3.48. The Hall–Kier alpha value is -3.91. The molecule has 0 spiro atoms. The van der Waals surface area contributed by atoms with Gasteiger partial charge in [-0.1, -0.05) is 30.3 Å². The number of hydrogen-bond acceptors (Lipinski definition) is 8. The fourth-order valence-electron chi connectivity index (χ4n) is 3.66. The van der Waals surface area contributed by atoms with E-state index in [-0.39, 0.29) is 32.1 Å². The summed E-state index contributed by atoms with van der Waals surface area (Å²) in [6.45, 7) is 0. The van der Waals surface area contributed by atoms with E-state index in [0.717, 1.165) is 0 Å². The van der Waals surface area contributed by atoms with E-state index in [9.17, 15) is 29.1 Å². The molecule has 0 aliphatic carbocycles. The highest BCUT2D eigenvalue weighted by Crippen LogP contribution is 2.08. The van der Waals surface area contributed by atoms with Crippen LogP contribution in [0.25, 0.3) is 0 Å². The number of amides is 4. The maximum absolute atomic E-state index is 13.2. The van der Waals surface area contributed by atoms with Gasteiger partial charge in [-0.3, -0.25) is 19.2 Å². The van der Waals surface area contributed by atoms with Crippen molar-refractivity contribution < 1.29 is 29.1 Å². The van der Waals surface area contributed by atoms with E-state index < -0.39 is 53.8 Å². The Morgan fingerprint density at radius 3 is 2.13 bits per heavy atom. The van der Waals surface area contributed by atoms with Gasteiger partial charge in [0.2, 0.25) is 23.6 Å². The zero-order chi connectivity index (χ0) is 28.8. The number of hydrogen-bond donors (Lipinski definition) is 7. The van der Waals surface area contributed by atoms with Crippen LogP contribution in [0.2, 0.25) is 0 Å². The summed E-state index contributed by atoms with van der Waals surface area (Å²) in [6, 6.07) is 4.19. The minimum atomic E-state index is -1.28. The van der Waals surface area contributed by atoms with Crippen LogP contribution >= 0.6 is 11.8 Å². The maximum atomic E-state index is 13.2. The quantitative estimate of drug-likeness (QED) is 0.127. The molecule has 0 bridgehead atoms. The number of aliphatic carboxylic acids is 1. The first-order valence-electron chi connectivity index (χ1n) is 12.3. The number of aromatic amines is 1. The number of benzene rings is 1. The zero-order valence-electron chi connectivity index (χ0n) is 21.6. The fraction of sp³-hybridized carbons (Fsp3) is 0.440. The van der Waals surface area contributed by atoms with Gasteiger partial charge in [0.15, 0.2) is 0 Å². The van der Waals surface area contributed by atoms with E-state index in [1.54, 1.807) is 30.3 Å². The number of thioether (sulfide) groups is 1. The van der Waals surface area contributed by atoms with Crippen molar-refractivity contribution >= 4 is 41.4 Å². The summed E-state index contributed by atoms with van der Waals surface area (Å²) in [6.07, 6.45) is 4.87. The number of aromatic nitrogens is 2. The first kappa shape index (κ1) is 31.3. The third-order valence-electron chi connectivity index (χ3n) is 5.78. The van der Waals surface area contributed by atoms with Crippen molar-refractivity contribution in [3.8, 4) is 0 Å². The summed E-state index contributed by atoms with van der Waals surface area (Å²) in [4.78, 5) is 69.0. The van der Waals surface area contributed by atoms with Crippen LogP contribution in [0.5, 0.6) is 0 Å². The Balaban J connectivity index is 2.12. The van der Waals surface area contributed by atoms with Crippen molar-refractivity contribution in [3.05, 3.63) is 54.1 Å². The molecule has 39 heavy (non-hydrogen) atoms. The predicted molar refractivity (Wildman–Crippen MR) is 145 cm³/mol. The van der Waals surface area contributed by atoms with Crippen LogP contribution in [0.3, 0.4) is 0 Å². The minimum absolute atomic E-state index is 0.0129. The molecule has 9 N–H and O–H groups in total. The second-order valence-corrected chi connectivity index (χ2v) is 9.87. The number of carboxylic acid groups (broad SMARTS) is 1. The Morgan fingerprint density at radius 2 is 1.56 bits per heavy atom. The Bertz CT molecular complexity index is 1100. The Labute approximate surface area is 230 Å². The van der Waals surface area contributed by atoms with Gasteiger partial charge in [-0.15, -0.1) is 0 Å². The summed E-state index contributed by atoms with van der Waals surface area (Å²) in [5.41, 5.74) is 12.6. The molecule has 0 aliphatic heterocycles. The molecule has 212 valence electrons. The highest BCUT2D eigenvalue weighted by atomic mass is 32.2. The van der Waals surface area contributed by atoms with Crippen LogP contribution in [-0.2, 0) is 36.8 Å². The lowest BCUT2D eigenvalue weighted by Gasteiger charge is -2.25. The molecule has 14 heteroatoms. The van der Waals surface area contributed by atoms with Gasteiger partial charge in [-0.25, -0.2) is 9.78 Å². The van der Waals surface area contributed by atoms with Crippen LogP contribution in [0.4, 0.5) is 0 Å². The maximum Gasteiger partial charge on any atom is 0.326 e. The molecular formula is C25H35N7O6S. The van der Waals surface area contributed by atoms with Gasteiger partial charge >= 0.3 is 5.97 Å². The molecule has 0 saturated carbocycles. The highest BCUT2D eigenvalue weighted by Gasteiger charge is 2.30. The molecule has 4 atom stereocenters. The molecule has 2 rings (SSSR count). The van der Waals surface area contributed by atoms with Crippen molar-refractivity contribution in [1.82, 2.24) is 25.9 Å². The van der Waals surface area contributed by atoms with E-state index >= 15 is 0 Å². The van der Waals surface area contributed by atoms with E-state index in [0.29, 0.717) is 17.0 Å². The first-order chi connectivity index (χ1) is 18.6. The fourth-order valence-corrected chi connectivity index (χ4v) is 4.13. The van der Waals surface area contributed by atoms with Crippen molar-refractivity contribution in [2.24, 2.45) is 11.5 Å². The normalized spacial score (nSPS) is 13.9. The molecule has 1 heterocycles. The van der Waals surface area contributed by atoms with Crippen LogP contribution in [-0.4, -0.2) is 80.8 Å². The standard InChI is InChI=1S/C25H35N7O6S/c1-39-10-9-19(30-22(34)17(26)12-16-13-28-14-29-16)24(36)31-18(7-8-21(27)33)23(35)32-20(25(37)38)11-15-5-3-2-4-6-15/h2-6,13-14,17-20H,7-12,26H2,1H3,(H2,27,33)(H,28,29)(H,30,34)(H,31,36)(H,32,35)(H,37,38). The lowest BCUT2D eigenvalue weighted by atomic mass is 10.0. The molecule has 0 radical (unpaired) electrons. The molecule has 4 amide bonds. The number of nitrogens with two attached hydrogens (primary N) is 2. The third-order valence-corrected chi connectivity index (χ3v) is 6.43. The van der Waals surface area contributed by atoms with Crippen molar-refractivity contribution in [3.63, 3.8) is 0 Å². The molecular weight excluding hydrogens is 526 g/mol. The Morgan fingerprint density at radius 1 is 0.949 bits per heavy atom. The second-order valence-electron chi connectivity index (χ2n) is 8.89. The van der Waals surface area contributed by atoms with E-state index in [2.05, 4.69) is 25.9 Å². The Kier molecular flexibility index (Phi) is 13.0. The summed E-state index contributed by atoms with van der Waals surface area (Å²) >= 11 is 1.46. The molecule has 1 aromatic carbocycles. The summed E-state index contributed by atoms with van der Waals surface area (Å²) in [7, 11) is 0. The second kappa shape index (κ2) is 16.1. The number of rotatable bonds is 17. The topological polar surface area (TPSA) is 222 Å². The van der Waals surface area contributed by atoms with Crippen molar-refractivity contribution in [2.45, 2.75) is 56.3 Å². The van der Waals surface area contributed by atoms with Gasteiger partial charge in [0.1, 0.15) is 18.1 Å². The smallest absolute Gasteiger partial charge is 0.326 e. The summed E-state index contributed by atoms with van der Waals surface area (Å²) in [5, 5.41) is 17.3. The van der Waals surface area contributed by atoms with Crippen LogP contribution in [0.1, 0.15) is 30.5 Å². The number of primary amides is 1.